The Morgan fingerprint density at radius 1 is 0.271 bits per heavy atom. The van der Waals surface area contributed by atoms with Crippen molar-refractivity contribution in [2.45, 2.75) is 484 Å². The van der Waals surface area contributed by atoms with Crippen LogP contribution in [0.25, 0.3) is 0 Å². The Kier molecular flexibility index (Phi) is 76.6. The van der Waals surface area contributed by atoms with Gasteiger partial charge < -0.3 is 33.8 Å². The summed E-state index contributed by atoms with van der Waals surface area (Å²) in [5.41, 5.74) is 0. The predicted molar refractivity (Wildman–Crippen MR) is 441 cm³/mol. The number of unbranched alkanes of at least 4 members (excludes halogenated alkanes) is 52. The van der Waals surface area contributed by atoms with E-state index < -0.39 is 97.5 Å². The number of aliphatic hydroxyl groups is 1. The average molecular weight is 1560 g/mol. The molecule has 636 valence electrons. The van der Waals surface area contributed by atoms with E-state index in [1.807, 2.05) is 0 Å². The number of rotatable bonds is 86. The summed E-state index contributed by atoms with van der Waals surface area (Å²) in [5.74, 6) is 0.312. The SMILES string of the molecule is CCCCCCCCCCCCCCCCCCC(=O)O[C@H](COC(=O)CCCCCCCCC(C)CC)COP(=O)(O)OC[C@H](O)COP(=O)(O)OC[C@@H](COC(=O)CCCCCCCCCCCCCCCCCCC(C)C)OC(=O)CCCCCCCCCCCCCCCCCCCCC(C)CC. The number of phosphoric acid groups is 2. The number of phosphoric ester groups is 2. The molecule has 7 atom stereocenters. The highest BCUT2D eigenvalue weighted by Crippen LogP contribution is 2.45. The first-order valence-electron chi connectivity index (χ1n) is 45.4. The van der Waals surface area contributed by atoms with E-state index in [1.54, 1.807) is 0 Å². The second-order valence-electron chi connectivity index (χ2n) is 32.6. The molecule has 19 heteroatoms. The van der Waals surface area contributed by atoms with Gasteiger partial charge in [-0.3, -0.25) is 37.3 Å². The number of carbonyl (C=O) groups is 4. The van der Waals surface area contributed by atoms with Gasteiger partial charge in [-0.05, 0) is 43.4 Å². The van der Waals surface area contributed by atoms with Crippen LogP contribution in [0.5, 0.6) is 0 Å². The lowest BCUT2D eigenvalue weighted by Crippen LogP contribution is -2.30. The Morgan fingerprint density at radius 3 is 0.710 bits per heavy atom. The summed E-state index contributed by atoms with van der Waals surface area (Å²) in [7, 11) is -9.93. The molecule has 0 bridgehead atoms. The Morgan fingerprint density at radius 2 is 0.477 bits per heavy atom. The van der Waals surface area contributed by atoms with Crippen LogP contribution >= 0.6 is 15.6 Å². The van der Waals surface area contributed by atoms with Crippen molar-refractivity contribution in [1.29, 1.82) is 0 Å². The largest absolute Gasteiger partial charge is 0.472 e. The van der Waals surface area contributed by atoms with E-state index >= 15 is 0 Å². The second kappa shape index (κ2) is 78.0. The predicted octanol–water partition coefficient (Wildman–Crippen LogP) is 26.9. The topological polar surface area (TPSA) is 237 Å². The third-order valence-corrected chi connectivity index (χ3v) is 23.3. The Bertz CT molecular complexity index is 2060. The minimum Gasteiger partial charge on any atom is -0.462 e. The van der Waals surface area contributed by atoms with Gasteiger partial charge in [0.15, 0.2) is 12.2 Å². The summed E-state index contributed by atoms with van der Waals surface area (Å²) in [4.78, 5) is 73.3. The number of hydrogen-bond acceptors (Lipinski definition) is 15. The fourth-order valence-electron chi connectivity index (χ4n) is 13.7. The molecule has 0 aromatic heterocycles. The lowest BCUT2D eigenvalue weighted by atomic mass is 9.99. The zero-order valence-electron chi connectivity index (χ0n) is 70.6. The molecule has 0 spiro atoms. The fourth-order valence-corrected chi connectivity index (χ4v) is 15.2. The van der Waals surface area contributed by atoms with Crippen LogP contribution in [0.4, 0.5) is 0 Å². The third-order valence-electron chi connectivity index (χ3n) is 21.4. The van der Waals surface area contributed by atoms with Crippen molar-refractivity contribution in [2.24, 2.45) is 17.8 Å². The summed E-state index contributed by atoms with van der Waals surface area (Å²) in [6, 6.07) is 0. The molecule has 0 saturated heterocycles. The van der Waals surface area contributed by atoms with Gasteiger partial charge in [-0.15, -0.1) is 0 Å². The number of carbonyl (C=O) groups excluding carboxylic acids is 4. The van der Waals surface area contributed by atoms with Gasteiger partial charge in [0, 0.05) is 25.7 Å². The average Bonchev–Trinajstić information content (AvgIpc) is 0.903. The van der Waals surface area contributed by atoms with Crippen LogP contribution in [-0.2, 0) is 65.4 Å². The minimum atomic E-state index is -4.97. The van der Waals surface area contributed by atoms with Crippen molar-refractivity contribution in [3.63, 3.8) is 0 Å². The number of aliphatic hydroxyl groups excluding tert-OH is 1. The van der Waals surface area contributed by atoms with E-state index in [1.165, 1.54) is 270 Å². The summed E-state index contributed by atoms with van der Waals surface area (Å²) in [5, 5.41) is 10.7. The zero-order valence-corrected chi connectivity index (χ0v) is 72.4. The molecule has 0 fully saturated rings. The first kappa shape index (κ1) is 105. The molecule has 0 aromatic carbocycles. The van der Waals surface area contributed by atoms with Gasteiger partial charge in [-0.2, -0.15) is 0 Å². The normalized spacial score (nSPS) is 14.3. The summed E-state index contributed by atoms with van der Waals surface area (Å²) in [6.07, 6.45) is 69.5. The van der Waals surface area contributed by atoms with Crippen LogP contribution in [0.1, 0.15) is 466 Å². The quantitative estimate of drug-likeness (QED) is 0.0222. The van der Waals surface area contributed by atoms with Crippen molar-refractivity contribution < 1.29 is 80.2 Å². The standard InChI is InChI=1S/C88H172O17P2/c1-8-11-12-13-14-15-16-17-18-27-33-38-43-48-57-64-72-88(93)105-84(76-99-86(91)70-63-56-51-50-54-61-68-81(7)10-3)78-103-107(96,97)101-74-82(89)73-100-106(94,95)102-77-83(75-98-85(90)69-62-55-47-42-37-32-28-24-23-25-30-35-40-45-52-59-66-79(4)5)104-87(92)71-65-58-49-44-39-34-29-22-20-19-21-26-31-36-41-46-53-60-67-80(6)9-2/h79-84,89H,8-78H2,1-7H3,(H,94,95)(H,96,97)/t80?,81?,82-,83-,84-/m1/s1. The molecule has 0 amide bonds. The minimum absolute atomic E-state index is 0.107. The molecule has 0 aliphatic rings. The Hall–Kier alpha value is -1.94. The van der Waals surface area contributed by atoms with Crippen LogP contribution in [0, 0.1) is 17.8 Å². The molecule has 0 aliphatic carbocycles. The highest BCUT2D eigenvalue weighted by atomic mass is 31.2. The Balaban J connectivity index is 5.23. The van der Waals surface area contributed by atoms with E-state index in [9.17, 15) is 43.2 Å². The molecular weight excluding hydrogens is 1390 g/mol. The maximum absolute atomic E-state index is 13.2. The molecule has 0 aliphatic heterocycles. The lowest BCUT2D eigenvalue weighted by Gasteiger charge is -2.21. The summed E-state index contributed by atoms with van der Waals surface area (Å²) >= 11 is 0. The number of hydrogen-bond donors (Lipinski definition) is 3. The second-order valence-corrected chi connectivity index (χ2v) is 35.5. The van der Waals surface area contributed by atoms with Crippen molar-refractivity contribution in [3.05, 3.63) is 0 Å². The first-order valence-corrected chi connectivity index (χ1v) is 48.4. The van der Waals surface area contributed by atoms with E-state index in [-0.39, 0.29) is 25.7 Å². The van der Waals surface area contributed by atoms with Gasteiger partial charge in [0.25, 0.3) is 0 Å². The molecule has 0 rings (SSSR count). The monoisotopic (exact) mass is 1560 g/mol. The lowest BCUT2D eigenvalue weighted by molar-refractivity contribution is -0.161. The van der Waals surface area contributed by atoms with E-state index in [2.05, 4.69) is 48.5 Å². The molecule has 0 heterocycles. The molecule has 0 aromatic rings. The fraction of sp³-hybridized carbons (Fsp3) is 0.955. The molecule has 3 N–H and O–H groups in total. The van der Waals surface area contributed by atoms with Gasteiger partial charge in [0.1, 0.15) is 19.3 Å². The summed E-state index contributed by atoms with van der Waals surface area (Å²) in [6.45, 7) is 12.1. The van der Waals surface area contributed by atoms with Gasteiger partial charge in [0.05, 0.1) is 26.4 Å². The molecule has 4 unspecified atom stereocenters. The molecule has 0 saturated carbocycles. The van der Waals surface area contributed by atoms with Crippen molar-refractivity contribution >= 4 is 39.5 Å². The van der Waals surface area contributed by atoms with Crippen molar-refractivity contribution in [2.75, 3.05) is 39.6 Å². The third kappa shape index (κ3) is 79.1. The van der Waals surface area contributed by atoms with Crippen LogP contribution in [-0.4, -0.2) is 96.7 Å². The van der Waals surface area contributed by atoms with Gasteiger partial charge >= 0.3 is 39.5 Å². The van der Waals surface area contributed by atoms with Crippen LogP contribution in [0.3, 0.4) is 0 Å². The van der Waals surface area contributed by atoms with Gasteiger partial charge in [-0.25, -0.2) is 9.13 Å². The van der Waals surface area contributed by atoms with Gasteiger partial charge in [-0.1, -0.05) is 414 Å². The molecule has 0 radical (unpaired) electrons. The van der Waals surface area contributed by atoms with Crippen LogP contribution < -0.4 is 0 Å². The smallest absolute Gasteiger partial charge is 0.462 e. The van der Waals surface area contributed by atoms with E-state index in [0.717, 1.165) is 114 Å². The maximum Gasteiger partial charge on any atom is 0.472 e. The number of esters is 4. The van der Waals surface area contributed by atoms with Crippen molar-refractivity contribution in [1.82, 2.24) is 0 Å². The Labute approximate surface area is 658 Å². The van der Waals surface area contributed by atoms with E-state index in [0.29, 0.717) is 25.7 Å². The number of ether oxygens (including phenoxy) is 4. The molecule has 17 nitrogen and oxygen atoms in total. The highest BCUT2D eigenvalue weighted by Gasteiger charge is 2.31. The zero-order chi connectivity index (χ0) is 78.6. The molecule has 107 heavy (non-hydrogen) atoms. The maximum atomic E-state index is 13.2. The summed E-state index contributed by atoms with van der Waals surface area (Å²) < 4.78 is 68.9. The highest BCUT2D eigenvalue weighted by molar-refractivity contribution is 7.47. The van der Waals surface area contributed by atoms with Crippen LogP contribution in [0.15, 0.2) is 0 Å². The van der Waals surface area contributed by atoms with Gasteiger partial charge in [0.2, 0.25) is 0 Å². The van der Waals surface area contributed by atoms with Crippen molar-refractivity contribution in [3.8, 4) is 0 Å². The molecular formula is C88H172O17P2. The first-order chi connectivity index (χ1) is 51.8. The van der Waals surface area contributed by atoms with E-state index in [4.69, 9.17) is 37.0 Å². The van der Waals surface area contributed by atoms with Crippen LogP contribution in [0.2, 0.25) is 0 Å².